The fourth-order valence-electron chi connectivity index (χ4n) is 2.69. The number of ether oxygens (including phenoxy) is 1. The minimum atomic E-state index is 0.683. The Bertz CT molecular complexity index is 579. The van der Waals surface area contributed by atoms with E-state index >= 15 is 0 Å². The number of rotatable bonds is 4. The lowest BCUT2D eigenvalue weighted by Gasteiger charge is -2.26. The van der Waals surface area contributed by atoms with E-state index in [0.29, 0.717) is 5.69 Å². The molecule has 2 aromatic rings. The minimum absolute atomic E-state index is 0.683. The highest BCUT2D eigenvalue weighted by molar-refractivity contribution is 5.82. The van der Waals surface area contributed by atoms with Crippen LogP contribution in [0.15, 0.2) is 30.5 Å². The number of hydrogen-bond acceptors (Lipinski definition) is 4. The summed E-state index contributed by atoms with van der Waals surface area (Å²) in [6.45, 7) is 4.16. The Hall–Kier alpha value is -1.81. The number of hydrogen-bond donors (Lipinski definition) is 1. The molecule has 1 aromatic heterocycles. The maximum Gasteiger partial charge on any atom is 0.120 e. The molecule has 0 amide bonds. The van der Waals surface area contributed by atoms with Gasteiger partial charge < -0.3 is 10.5 Å². The van der Waals surface area contributed by atoms with E-state index in [2.05, 4.69) is 9.88 Å². The smallest absolute Gasteiger partial charge is 0.120 e. The number of piperidine rings is 1. The van der Waals surface area contributed by atoms with Crippen molar-refractivity contribution in [2.75, 3.05) is 32.0 Å². The Morgan fingerprint density at radius 3 is 2.85 bits per heavy atom. The van der Waals surface area contributed by atoms with Crippen LogP contribution in [0.2, 0.25) is 0 Å². The molecule has 106 valence electrons. The van der Waals surface area contributed by atoms with Crippen LogP contribution in [-0.4, -0.2) is 36.1 Å². The molecule has 20 heavy (non-hydrogen) atoms. The van der Waals surface area contributed by atoms with E-state index in [1.165, 1.54) is 32.4 Å². The topological polar surface area (TPSA) is 51.4 Å². The molecule has 1 fully saturated rings. The zero-order valence-corrected chi connectivity index (χ0v) is 11.7. The monoisotopic (exact) mass is 271 g/mol. The fraction of sp³-hybridized carbons (Fsp3) is 0.438. The summed E-state index contributed by atoms with van der Waals surface area (Å²) in [6, 6.07) is 7.89. The van der Waals surface area contributed by atoms with Crippen molar-refractivity contribution in [3.05, 3.63) is 30.5 Å². The van der Waals surface area contributed by atoms with Gasteiger partial charge in [-0.1, -0.05) is 6.42 Å². The molecule has 0 saturated carbocycles. The highest BCUT2D eigenvalue weighted by atomic mass is 16.5. The van der Waals surface area contributed by atoms with Gasteiger partial charge in [-0.3, -0.25) is 9.88 Å². The average Bonchev–Trinajstić information content (AvgIpc) is 2.48. The van der Waals surface area contributed by atoms with Crippen LogP contribution in [-0.2, 0) is 0 Å². The Balaban J connectivity index is 1.59. The van der Waals surface area contributed by atoms with Gasteiger partial charge in [-0.05, 0) is 50.2 Å². The van der Waals surface area contributed by atoms with Gasteiger partial charge in [0.1, 0.15) is 12.4 Å². The van der Waals surface area contributed by atoms with E-state index in [0.717, 1.165) is 29.8 Å². The van der Waals surface area contributed by atoms with Crippen molar-refractivity contribution in [3.63, 3.8) is 0 Å². The summed E-state index contributed by atoms with van der Waals surface area (Å²) < 4.78 is 5.85. The maximum absolute atomic E-state index is 5.85. The highest BCUT2D eigenvalue weighted by Crippen LogP contribution is 2.21. The van der Waals surface area contributed by atoms with Gasteiger partial charge in [-0.25, -0.2) is 0 Å². The van der Waals surface area contributed by atoms with Crippen LogP contribution in [0.1, 0.15) is 19.3 Å². The lowest BCUT2D eigenvalue weighted by Crippen LogP contribution is -2.33. The van der Waals surface area contributed by atoms with Gasteiger partial charge in [0.25, 0.3) is 0 Å². The molecule has 0 atom stereocenters. The molecule has 1 aliphatic heterocycles. The van der Waals surface area contributed by atoms with Crippen LogP contribution >= 0.6 is 0 Å². The lowest BCUT2D eigenvalue weighted by atomic mass is 10.1. The van der Waals surface area contributed by atoms with Gasteiger partial charge >= 0.3 is 0 Å². The zero-order valence-electron chi connectivity index (χ0n) is 11.7. The van der Waals surface area contributed by atoms with E-state index in [4.69, 9.17) is 10.5 Å². The number of fused-ring (bicyclic) bond motifs is 1. The molecule has 4 heteroatoms. The van der Waals surface area contributed by atoms with Crippen LogP contribution in [0.5, 0.6) is 5.75 Å². The summed E-state index contributed by atoms with van der Waals surface area (Å²) in [6.07, 6.45) is 5.69. The second kappa shape index (κ2) is 6.09. The zero-order chi connectivity index (χ0) is 13.8. The molecule has 1 aliphatic rings. The first-order valence-corrected chi connectivity index (χ1v) is 7.32. The molecule has 3 rings (SSSR count). The summed E-state index contributed by atoms with van der Waals surface area (Å²) in [7, 11) is 0. The van der Waals surface area contributed by atoms with Gasteiger partial charge in [0.2, 0.25) is 0 Å². The minimum Gasteiger partial charge on any atom is -0.492 e. The molecule has 0 spiro atoms. The number of nitrogen functional groups attached to an aromatic ring is 1. The van der Waals surface area contributed by atoms with Crippen molar-refractivity contribution in [2.24, 2.45) is 0 Å². The summed E-state index contributed by atoms with van der Waals surface area (Å²) in [5.74, 6) is 0.891. The molecule has 2 heterocycles. The Labute approximate surface area is 119 Å². The van der Waals surface area contributed by atoms with Crippen molar-refractivity contribution in [1.29, 1.82) is 0 Å². The molecular formula is C16H21N3O. The normalized spacial score (nSPS) is 16.4. The van der Waals surface area contributed by atoms with Crippen LogP contribution in [0.25, 0.3) is 10.9 Å². The average molecular weight is 271 g/mol. The predicted octanol–water partition coefficient (Wildman–Crippen LogP) is 2.68. The Morgan fingerprint density at radius 2 is 2.00 bits per heavy atom. The maximum atomic E-state index is 5.85. The van der Waals surface area contributed by atoms with Crippen molar-refractivity contribution in [1.82, 2.24) is 9.88 Å². The van der Waals surface area contributed by atoms with Crippen molar-refractivity contribution in [3.8, 4) is 5.75 Å². The van der Waals surface area contributed by atoms with Gasteiger partial charge in [0, 0.05) is 11.9 Å². The van der Waals surface area contributed by atoms with Crippen molar-refractivity contribution < 1.29 is 4.74 Å². The summed E-state index contributed by atoms with van der Waals surface area (Å²) in [4.78, 5) is 6.76. The number of nitrogens with two attached hydrogens (primary N) is 1. The third-order valence-corrected chi connectivity index (χ3v) is 3.80. The summed E-state index contributed by atoms with van der Waals surface area (Å²) in [5.41, 5.74) is 7.39. The third-order valence-electron chi connectivity index (χ3n) is 3.80. The van der Waals surface area contributed by atoms with Crippen molar-refractivity contribution >= 4 is 16.6 Å². The largest absolute Gasteiger partial charge is 0.492 e. The standard InChI is InChI=1S/C16H21N3O/c17-14-10-13-11-15(4-5-16(13)18-12-14)20-9-8-19-6-2-1-3-7-19/h4-5,10-12H,1-3,6-9,17H2. The fourth-order valence-corrected chi connectivity index (χ4v) is 2.69. The number of benzene rings is 1. The van der Waals surface area contributed by atoms with Crippen molar-refractivity contribution in [2.45, 2.75) is 19.3 Å². The first kappa shape index (κ1) is 13.2. The van der Waals surface area contributed by atoms with Crippen LogP contribution in [0, 0.1) is 0 Å². The third kappa shape index (κ3) is 3.20. The van der Waals surface area contributed by atoms with Gasteiger partial charge in [-0.2, -0.15) is 0 Å². The van der Waals surface area contributed by atoms with Gasteiger partial charge in [0.15, 0.2) is 0 Å². The van der Waals surface area contributed by atoms with E-state index in [1.807, 2.05) is 24.3 Å². The number of aromatic nitrogens is 1. The summed E-state index contributed by atoms with van der Waals surface area (Å²) in [5, 5.41) is 1.03. The van der Waals surface area contributed by atoms with Crippen LogP contribution < -0.4 is 10.5 Å². The Morgan fingerprint density at radius 1 is 1.15 bits per heavy atom. The number of pyridine rings is 1. The number of likely N-dealkylation sites (tertiary alicyclic amines) is 1. The molecule has 0 bridgehead atoms. The van der Waals surface area contributed by atoms with E-state index in [9.17, 15) is 0 Å². The SMILES string of the molecule is Nc1cnc2ccc(OCCN3CCCCC3)cc2c1. The van der Waals surface area contributed by atoms with Crippen LogP contribution in [0.4, 0.5) is 5.69 Å². The second-order valence-corrected chi connectivity index (χ2v) is 5.37. The van der Waals surface area contributed by atoms with Gasteiger partial charge in [-0.15, -0.1) is 0 Å². The molecular weight excluding hydrogens is 250 g/mol. The second-order valence-electron chi connectivity index (χ2n) is 5.37. The van der Waals surface area contributed by atoms with E-state index < -0.39 is 0 Å². The predicted molar refractivity (Wildman–Crippen MR) is 81.9 cm³/mol. The van der Waals surface area contributed by atoms with E-state index in [-0.39, 0.29) is 0 Å². The first-order chi connectivity index (χ1) is 9.81. The quantitative estimate of drug-likeness (QED) is 0.929. The Kier molecular flexibility index (Phi) is 4.02. The first-order valence-electron chi connectivity index (χ1n) is 7.32. The van der Waals surface area contributed by atoms with Gasteiger partial charge in [0.05, 0.1) is 17.4 Å². The number of anilines is 1. The molecule has 4 nitrogen and oxygen atoms in total. The molecule has 0 unspecified atom stereocenters. The highest BCUT2D eigenvalue weighted by Gasteiger charge is 2.09. The van der Waals surface area contributed by atoms with Crippen LogP contribution in [0.3, 0.4) is 0 Å². The molecule has 0 radical (unpaired) electrons. The van der Waals surface area contributed by atoms with E-state index in [1.54, 1.807) is 6.20 Å². The lowest BCUT2D eigenvalue weighted by molar-refractivity contribution is 0.183. The molecule has 2 N–H and O–H groups in total. The number of nitrogens with zero attached hydrogens (tertiary/aromatic N) is 2. The molecule has 1 saturated heterocycles. The summed E-state index contributed by atoms with van der Waals surface area (Å²) >= 11 is 0. The molecule has 0 aliphatic carbocycles. The molecule has 1 aromatic carbocycles.